The number of aromatic hydroxyl groups is 1. The first-order valence-electron chi connectivity index (χ1n) is 7.05. The number of carboxylic acid groups (broad SMARTS) is 1. The van der Waals surface area contributed by atoms with Crippen LogP contribution in [0.5, 0.6) is 5.75 Å². The summed E-state index contributed by atoms with van der Waals surface area (Å²) >= 11 is 0. The molecule has 0 spiro atoms. The van der Waals surface area contributed by atoms with Crippen LogP contribution in [0.2, 0.25) is 0 Å². The first-order valence-corrected chi connectivity index (χ1v) is 7.05. The lowest BCUT2D eigenvalue weighted by Crippen LogP contribution is -1.93. The Morgan fingerprint density at radius 2 is 1.70 bits per heavy atom. The second-order valence-electron chi connectivity index (χ2n) is 4.78. The summed E-state index contributed by atoms with van der Waals surface area (Å²) in [6.07, 6.45) is 5.39. The highest BCUT2D eigenvalue weighted by Gasteiger charge is 1.99. The van der Waals surface area contributed by atoms with E-state index >= 15 is 0 Å². The van der Waals surface area contributed by atoms with E-state index in [9.17, 15) is 9.90 Å². The second-order valence-corrected chi connectivity index (χ2v) is 4.78. The fourth-order valence-electron chi connectivity index (χ4n) is 1.79. The third kappa shape index (κ3) is 6.52. The number of hydrogen-bond donors (Lipinski definition) is 3. The van der Waals surface area contributed by atoms with Gasteiger partial charge in [0.25, 0.3) is 0 Å². The zero-order chi connectivity index (χ0) is 17.2. The van der Waals surface area contributed by atoms with Gasteiger partial charge in [0.05, 0.1) is 11.3 Å². The van der Waals surface area contributed by atoms with E-state index in [1.807, 2.05) is 31.2 Å². The average molecular weight is 312 g/mol. The van der Waals surface area contributed by atoms with Gasteiger partial charge in [-0.05, 0) is 49.8 Å². The minimum atomic E-state index is -0.879. The average Bonchev–Trinajstić information content (AvgIpc) is 2.52. The molecule has 0 saturated carbocycles. The Bertz CT molecular complexity index is 697. The number of aliphatic hydroxyl groups excluding tert-OH is 1. The number of hydrogen-bond acceptors (Lipinski definition) is 3. The van der Waals surface area contributed by atoms with E-state index in [0.717, 1.165) is 5.56 Å². The maximum Gasteiger partial charge on any atom is 0.335 e. The Kier molecular flexibility index (Phi) is 7.14. The number of carboxylic acids is 1. The van der Waals surface area contributed by atoms with Crippen molar-refractivity contribution >= 4 is 18.1 Å². The molecule has 2 aromatic rings. The highest BCUT2D eigenvalue weighted by molar-refractivity contribution is 5.87. The van der Waals surface area contributed by atoms with Gasteiger partial charge in [0.15, 0.2) is 0 Å². The number of allylic oxidation sites excluding steroid dienone is 2. The van der Waals surface area contributed by atoms with E-state index in [1.54, 1.807) is 43.3 Å². The smallest absolute Gasteiger partial charge is 0.335 e. The fourth-order valence-corrected chi connectivity index (χ4v) is 1.79. The lowest BCUT2D eigenvalue weighted by atomic mass is 10.1. The first kappa shape index (κ1) is 18.0. The number of carbonyl (C=O) groups is 1. The molecule has 3 N–H and O–H groups in total. The molecule has 0 aliphatic heterocycles. The van der Waals surface area contributed by atoms with Gasteiger partial charge < -0.3 is 15.3 Å². The van der Waals surface area contributed by atoms with Crippen molar-refractivity contribution in [1.82, 2.24) is 0 Å². The molecule has 0 atom stereocenters. The summed E-state index contributed by atoms with van der Waals surface area (Å²) in [5.41, 5.74) is 1.95. The molecule has 2 rings (SSSR count). The summed E-state index contributed by atoms with van der Waals surface area (Å²) in [4.78, 5) is 10.2. The minimum Gasteiger partial charge on any atom is -0.513 e. The molecule has 0 radical (unpaired) electrons. The Labute approximate surface area is 135 Å². The molecule has 2 aromatic carbocycles. The van der Waals surface area contributed by atoms with E-state index in [0.29, 0.717) is 11.1 Å². The number of phenols is 1. The molecule has 0 heterocycles. The molecule has 0 fully saturated rings. The maximum absolute atomic E-state index is 10.2. The van der Waals surface area contributed by atoms with E-state index in [1.165, 1.54) is 6.08 Å². The molecule has 0 aliphatic carbocycles. The minimum absolute atomic E-state index is 0.173. The second kappa shape index (κ2) is 9.10. The van der Waals surface area contributed by atoms with Crippen molar-refractivity contribution in [2.75, 3.05) is 0 Å². The summed E-state index contributed by atoms with van der Waals surface area (Å²) in [5, 5.41) is 26.9. The summed E-state index contributed by atoms with van der Waals surface area (Å²) < 4.78 is 0. The van der Waals surface area contributed by atoms with Crippen molar-refractivity contribution in [2.24, 2.45) is 0 Å². The Morgan fingerprint density at radius 1 is 1.04 bits per heavy atom. The molecular weight excluding hydrogens is 292 g/mol. The van der Waals surface area contributed by atoms with Crippen molar-refractivity contribution < 1.29 is 20.1 Å². The van der Waals surface area contributed by atoms with Crippen molar-refractivity contribution in [2.45, 2.75) is 13.8 Å². The lowest BCUT2D eigenvalue weighted by molar-refractivity contribution is 0.0697. The number of aromatic carboxylic acids is 1. The van der Waals surface area contributed by atoms with Crippen LogP contribution in [0.4, 0.5) is 0 Å². The van der Waals surface area contributed by atoms with Gasteiger partial charge in [-0.15, -0.1) is 0 Å². The quantitative estimate of drug-likeness (QED) is 0.716. The highest BCUT2D eigenvalue weighted by atomic mass is 16.4. The van der Waals surface area contributed by atoms with Gasteiger partial charge in [-0.1, -0.05) is 36.4 Å². The predicted octanol–water partition coefficient (Wildman–Crippen LogP) is 4.73. The standard InChI is InChI=1S/C12H14O2.C7H6O2/c1-3-4-10-5-6-12(14)11(8-10)7-9(2)13;8-7(9)6-4-2-1-3-5-6/h3-8,13-14H,1-2H3;1-5H,(H,8,9). The Hall–Kier alpha value is -3.01. The zero-order valence-electron chi connectivity index (χ0n) is 13.1. The van der Waals surface area contributed by atoms with Crippen LogP contribution in [-0.4, -0.2) is 21.3 Å². The van der Waals surface area contributed by atoms with Gasteiger partial charge in [0.1, 0.15) is 5.75 Å². The normalized spacial score (nSPS) is 11.0. The summed E-state index contributed by atoms with van der Waals surface area (Å²) in [6, 6.07) is 13.5. The van der Waals surface area contributed by atoms with Crippen LogP contribution in [0, 0.1) is 0 Å². The Balaban J connectivity index is 0.000000253. The third-order valence-corrected chi connectivity index (χ3v) is 2.80. The molecule has 23 heavy (non-hydrogen) atoms. The monoisotopic (exact) mass is 312 g/mol. The van der Waals surface area contributed by atoms with Crippen LogP contribution < -0.4 is 0 Å². The summed E-state index contributed by atoms with van der Waals surface area (Å²) in [6.45, 7) is 3.50. The van der Waals surface area contributed by atoms with Gasteiger partial charge in [-0.2, -0.15) is 0 Å². The molecule has 4 heteroatoms. The van der Waals surface area contributed by atoms with Gasteiger partial charge >= 0.3 is 5.97 Å². The van der Waals surface area contributed by atoms with Crippen molar-refractivity contribution in [3.8, 4) is 5.75 Å². The summed E-state index contributed by atoms with van der Waals surface area (Å²) in [5.74, 6) is -0.528. The van der Waals surface area contributed by atoms with E-state index < -0.39 is 5.97 Å². The van der Waals surface area contributed by atoms with Crippen LogP contribution in [0.25, 0.3) is 12.2 Å². The van der Waals surface area contributed by atoms with Gasteiger partial charge in [-0.25, -0.2) is 4.79 Å². The molecular formula is C19H20O4. The third-order valence-electron chi connectivity index (χ3n) is 2.80. The number of benzene rings is 2. The number of aliphatic hydroxyl groups is 1. The van der Waals surface area contributed by atoms with Gasteiger partial charge in [0.2, 0.25) is 0 Å². The molecule has 0 saturated heterocycles. The zero-order valence-corrected chi connectivity index (χ0v) is 13.1. The SMILES string of the molecule is CC=Cc1ccc(O)c(C=C(C)O)c1.O=C(O)c1ccccc1. The lowest BCUT2D eigenvalue weighted by Gasteiger charge is -2.01. The van der Waals surface area contributed by atoms with E-state index in [-0.39, 0.29) is 11.5 Å². The van der Waals surface area contributed by atoms with Crippen LogP contribution in [0.3, 0.4) is 0 Å². The molecule has 0 amide bonds. The molecule has 4 nitrogen and oxygen atoms in total. The van der Waals surface area contributed by atoms with Gasteiger partial charge in [0, 0.05) is 5.56 Å². The molecule has 0 unspecified atom stereocenters. The fraction of sp³-hybridized carbons (Fsp3) is 0.105. The first-order chi connectivity index (χ1) is 10.9. The highest BCUT2D eigenvalue weighted by Crippen LogP contribution is 2.21. The molecule has 0 aromatic heterocycles. The van der Waals surface area contributed by atoms with E-state index in [4.69, 9.17) is 10.2 Å². The van der Waals surface area contributed by atoms with Crippen LogP contribution in [0.15, 0.2) is 60.4 Å². The van der Waals surface area contributed by atoms with Crippen molar-refractivity contribution in [3.63, 3.8) is 0 Å². The Morgan fingerprint density at radius 3 is 2.17 bits per heavy atom. The maximum atomic E-state index is 10.2. The number of phenolic OH excluding ortho intramolecular Hbond substituents is 1. The largest absolute Gasteiger partial charge is 0.513 e. The molecule has 120 valence electrons. The molecule has 0 bridgehead atoms. The van der Waals surface area contributed by atoms with Gasteiger partial charge in [-0.3, -0.25) is 0 Å². The molecule has 0 aliphatic rings. The van der Waals surface area contributed by atoms with Crippen LogP contribution >= 0.6 is 0 Å². The van der Waals surface area contributed by atoms with Crippen LogP contribution in [-0.2, 0) is 0 Å². The predicted molar refractivity (Wildman–Crippen MR) is 92.5 cm³/mol. The summed E-state index contributed by atoms with van der Waals surface area (Å²) in [7, 11) is 0. The van der Waals surface area contributed by atoms with Crippen LogP contribution in [0.1, 0.15) is 35.3 Å². The van der Waals surface area contributed by atoms with Crippen molar-refractivity contribution in [1.29, 1.82) is 0 Å². The van der Waals surface area contributed by atoms with Crippen molar-refractivity contribution in [3.05, 3.63) is 77.1 Å². The number of rotatable bonds is 3. The van der Waals surface area contributed by atoms with E-state index in [2.05, 4.69) is 0 Å². The topological polar surface area (TPSA) is 77.8 Å².